The molecule has 1 aromatic carbocycles. The summed E-state index contributed by atoms with van der Waals surface area (Å²) < 4.78 is 0. The van der Waals surface area contributed by atoms with E-state index < -0.39 is 6.04 Å². The van der Waals surface area contributed by atoms with E-state index >= 15 is 0 Å². The lowest BCUT2D eigenvalue weighted by Gasteiger charge is -2.39. The number of nitrogens with zero attached hydrogens (tertiary/aromatic N) is 5. The summed E-state index contributed by atoms with van der Waals surface area (Å²) in [6.45, 7) is 0.960. The molecule has 3 aromatic rings. The summed E-state index contributed by atoms with van der Waals surface area (Å²) in [4.78, 5) is 41.4. The molecule has 146 valence electrons. The van der Waals surface area contributed by atoms with E-state index in [0.717, 1.165) is 16.7 Å². The fourth-order valence-corrected chi connectivity index (χ4v) is 3.54. The minimum absolute atomic E-state index is 0.0692. The number of carbonyl (C=O) groups is 2. The minimum Gasteiger partial charge on any atom is -0.342 e. The molecule has 1 fully saturated rings. The molecule has 29 heavy (non-hydrogen) atoms. The fraction of sp³-hybridized carbons (Fsp3) is 0.227. The number of likely N-dealkylation sites (N-methyl/N-ethyl adjacent to an activating group) is 1. The Balaban J connectivity index is 1.62. The van der Waals surface area contributed by atoms with Crippen LogP contribution in [0.3, 0.4) is 0 Å². The van der Waals surface area contributed by atoms with Gasteiger partial charge in [-0.3, -0.25) is 19.6 Å². The first-order valence-electron chi connectivity index (χ1n) is 9.45. The summed E-state index contributed by atoms with van der Waals surface area (Å²) >= 11 is 0. The molecule has 7 heteroatoms. The highest BCUT2D eigenvalue weighted by atomic mass is 16.2. The molecule has 0 spiro atoms. The van der Waals surface area contributed by atoms with E-state index in [9.17, 15) is 9.59 Å². The van der Waals surface area contributed by atoms with Crippen LogP contribution in [0.2, 0.25) is 0 Å². The highest BCUT2D eigenvalue weighted by molar-refractivity contribution is 5.96. The van der Waals surface area contributed by atoms with Gasteiger partial charge in [-0.2, -0.15) is 0 Å². The maximum Gasteiger partial charge on any atom is 0.274 e. The number of carbonyl (C=O) groups excluding carboxylic acids is 2. The van der Waals surface area contributed by atoms with Gasteiger partial charge in [0.15, 0.2) is 0 Å². The summed E-state index contributed by atoms with van der Waals surface area (Å²) in [7, 11) is 1.77. The third-order valence-electron chi connectivity index (χ3n) is 5.11. The molecule has 0 bridgehead atoms. The topological polar surface area (TPSA) is 79.3 Å². The van der Waals surface area contributed by atoms with Crippen LogP contribution < -0.4 is 0 Å². The zero-order valence-electron chi connectivity index (χ0n) is 16.1. The largest absolute Gasteiger partial charge is 0.342 e. The molecule has 0 N–H and O–H groups in total. The number of benzene rings is 1. The van der Waals surface area contributed by atoms with Crippen molar-refractivity contribution in [2.24, 2.45) is 0 Å². The summed E-state index contributed by atoms with van der Waals surface area (Å²) in [6.07, 6.45) is 8.42. The van der Waals surface area contributed by atoms with Gasteiger partial charge in [-0.25, -0.2) is 4.98 Å². The maximum absolute atomic E-state index is 13.0. The molecule has 0 radical (unpaired) electrons. The number of hydrogen-bond donors (Lipinski definition) is 0. The van der Waals surface area contributed by atoms with Crippen LogP contribution in [0.15, 0.2) is 67.4 Å². The number of hydrogen-bond acceptors (Lipinski definition) is 5. The smallest absolute Gasteiger partial charge is 0.274 e. The number of rotatable bonds is 4. The molecule has 7 nitrogen and oxygen atoms in total. The summed E-state index contributed by atoms with van der Waals surface area (Å²) in [5.74, 6) is -0.340. The van der Waals surface area contributed by atoms with Gasteiger partial charge in [0.2, 0.25) is 5.91 Å². The molecule has 1 aliphatic rings. The lowest BCUT2D eigenvalue weighted by atomic mass is 9.97. The highest BCUT2D eigenvalue weighted by Crippen LogP contribution is 2.23. The van der Waals surface area contributed by atoms with E-state index in [1.165, 1.54) is 18.6 Å². The van der Waals surface area contributed by atoms with Crippen molar-refractivity contribution < 1.29 is 9.59 Å². The zero-order chi connectivity index (χ0) is 20.2. The predicted octanol–water partition coefficient (Wildman–Crippen LogP) is 2.06. The molecule has 2 aromatic heterocycles. The average Bonchev–Trinajstić information content (AvgIpc) is 2.78. The lowest BCUT2D eigenvalue weighted by Crippen LogP contribution is -2.58. The van der Waals surface area contributed by atoms with Gasteiger partial charge in [0.1, 0.15) is 11.7 Å². The van der Waals surface area contributed by atoms with Crippen molar-refractivity contribution >= 4 is 11.8 Å². The summed E-state index contributed by atoms with van der Waals surface area (Å²) in [6, 6.07) is 11.3. The molecule has 0 saturated carbocycles. The maximum atomic E-state index is 13.0. The Labute approximate surface area is 169 Å². The first-order chi connectivity index (χ1) is 14.1. The van der Waals surface area contributed by atoms with Gasteiger partial charge in [-0.1, -0.05) is 30.3 Å². The Hall–Kier alpha value is -3.61. The average molecular weight is 387 g/mol. The van der Waals surface area contributed by atoms with Crippen LogP contribution in [0.4, 0.5) is 0 Å². The van der Waals surface area contributed by atoms with E-state index in [1.807, 2.05) is 42.6 Å². The molecule has 1 atom stereocenters. The van der Waals surface area contributed by atoms with Crippen molar-refractivity contribution in [3.63, 3.8) is 0 Å². The summed E-state index contributed by atoms with van der Waals surface area (Å²) in [5.41, 5.74) is 3.27. The Morgan fingerprint density at radius 3 is 2.62 bits per heavy atom. The van der Waals surface area contributed by atoms with Crippen molar-refractivity contribution in [1.82, 2.24) is 24.8 Å². The molecule has 2 amide bonds. The third-order valence-corrected chi connectivity index (χ3v) is 5.11. The quantitative estimate of drug-likeness (QED) is 0.685. The Bertz CT molecular complexity index is 1010. The number of pyridine rings is 1. The first kappa shape index (κ1) is 18.7. The second-order valence-electron chi connectivity index (χ2n) is 7.01. The Kier molecular flexibility index (Phi) is 5.29. The molecule has 1 unspecified atom stereocenters. The van der Waals surface area contributed by atoms with Crippen LogP contribution in [0.5, 0.6) is 0 Å². The SMILES string of the molecule is CN1CCN(C(=O)c2cnccn2)C(Cc2cccc(-c3cccnc3)c2)C1=O. The van der Waals surface area contributed by atoms with Crippen LogP contribution in [-0.2, 0) is 11.2 Å². The van der Waals surface area contributed by atoms with Gasteiger partial charge in [0.05, 0.1) is 6.20 Å². The number of piperazine rings is 1. The number of aromatic nitrogens is 3. The highest BCUT2D eigenvalue weighted by Gasteiger charge is 2.36. The van der Waals surface area contributed by atoms with Crippen LogP contribution in [0.25, 0.3) is 11.1 Å². The van der Waals surface area contributed by atoms with Crippen LogP contribution in [-0.4, -0.2) is 62.7 Å². The van der Waals surface area contributed by atoms with Crippen LogP contribution in [0.1, 0.15) is 16.1 Å². The lowest BCUT2D eigenvalue weighted by molar-refractivity contribution is -0.138. The van der Waals surface area contributed by atoms with Gasteiger partial charge in [-0.15, -0.1) is 0 Å². The van der Waals surface area contributed by atoms with E-state index in [-0.39, 0.29) is 17.5 Å². The minimum atomic E-state index is -0.576. The Morgan fingerprint density at radius 1 is 1.03 bits per heavy atom. The second kappa shape index (κ2) is 8.18. The van der Waals surface area contributed by atoms with Crippen molar-refractivity contribution in [3.8, 4) is 11.1 Å². The third kappa shape index (κ3) is 3.99. The van der Waals surface area contributed by atoms with Gasteiger partial charge >= 0.3 is 0 Å². The Morgan fingerprint density at radius 2 is 1.86 bits per heavy atom. The van der Waals surface area contributed by atoms with Crippen molar-refractivity contribution in [2.45, 2.75) is 12.5 Å². The molecular formula is C22H21N5O2. The van der Waals surface area contributed by atoms with E-state index in [0.29, 0.717) is 19.5 Å². The van der Waals surface area contributed by atoms with Crippen molar-refractivity contribution in [2.75, 3.05) is 20.1 Å². The van der Waals surface area contributed by atoms with Gasteiger partial charge < -0.3 is 9.80 Å². The molecule has 1 saturated heterocycles. The monoisotopic (exact) mass is 387 g/mol. The molecule has 3 heterocycles. The van der Waals surface area contributed by atoms with Gasteiger partial charge in [-0.05, 0) is 22.8 Å². The zero-order valence-corrected chi connectivity index (χ0v) is 16.1. The van der Waals surface area contributed by atoms with E-state index in [2.05, 4.69) is 15.0 Å². The summed E-state index contributed by atoms with van der Waals surface area (Å²) in [5, 5.41) is 0. The molecular weight excluding hydrogens is 366 g/mol. The van der Waals surface area contributed by atoms with Crippen LogP contribution in [0, 0.1) is 0 Å². The molecule has 4 rings (SSSR count). The predicted molar refractivity (Wildman–Crippen MR) is 108 cm³/mol. The van der Waals surface area contributed by atoms with Crippen molar-refractivity contribution in [1.29, 1.82) is 0 Å². The normalized spacial score (nSPS) is 16.7. The molecule has 0 aliphatic carbocycles. The van der Waals surface area contributed by atoms with Crippen LogP contribution >= 0.6 is 0 Å². The van der Waals surface area contributed by atoms with E-state index in [1.54, 1.807) is 23.0 Å². The number of amides is 2. The fourth-order valence-electron chi connectivity index (χ4n) is 3.54. The van der Waals surface area contributed by atoms with Gasteiger partial charge in [0.25, 0.3) is 5.91 Å². The van der Waals surface area contributed by atoms with Gasteiger partial charge in [0, 0.05) is 51.3 Å². The standard InChI is InChI=1S/C22H21N5O2/c1-26-10-11-27(21(28)19-15-24-8-9-25-19)20(22(26)29)13-16-4-2-5-17(12-16)18-6-3-7-23-14-18/h2-9,12,14-15,20H,10-11,13H2,1H3. The van der Waals surface area contributed by atoms with E-state index in [4.69, 9.17) is 0 Å². The molecule has 1 aliphatic heterocycles. The first-order valence-corrected chi connectivity index (χ1v) is 9.45. The van der Waals surface area contributed by atoms with Crippen molar-refractivity contribution in [3.05, 3.63) is 78.6 Å². The second-order valence-corrected chi connectivity index (χ2v) is 7.01.